The van der Waals surface area contributed by atoms with E-state index in [2.05, 4.69) is 4.84 Å². The van der Waals surface area contributed by atoms with Gasteiger partial charge in [0.1, 0.15) is 0 Å². The monoisotopic (exact) mass is 146 g/mol. The molecule has 0 saturated carbocycles. The molecule has 0 radical (unpaired) electrons. The second-order valence-electron chi connectivity index (χ2n) is 1.53. The summed E-state index contributed by atoms with van der Waals surface area (Å²) in [5.74, 6) is -0.942. The maximum Gasteiger partial charge on any atom is 0.333 e. The van der Waals surface area contributed by atoms with Crippen LogP contribution in [0, 0.1) is 5.41 Å². The van der Waals surface area contributed by atoms with Crippen molar-refractivity contribution in [3.05, 3.63) is 0 Å². The first kappa shape index (κ1) is 8.70. The molecule has 0 bridgehead atoms. The van der Waals surface area contributed by atoms with Crippen LogP contribution in [0.4, 0.5) is 0 Å². The Morgan fingerprint density at radius 3 is 2.70 bits per heavy atom. The summed E-state index contributed by atoms with van der Waals surface area (Å²) < 4.78 is 0. The van der Waals surface area contributed by atoms with E-state index in [0.29, 0.717) is 0 Å². The molecule has 0 unspecified atom stereocenters. The Balaban J connectivity index is 3.30. The highest BCUT2D eigenvalue weighted by molar-refractivity contribution is 5.76. The second-order valence-corrected chi connectivity index (χ2v) is 1.53. The van der Waals surface area contributed by atoms with E-state index in [1.54, 1.807) is 0 Å². The SMILES string of the molecule is N=C(N)NOC(=O)CCN. The third kappa shape index (κ3) is 4.85. The molecule has 0 aromatic rings. The van der Waals surface area contributed by atoms with Crippen LogP contribution < -0.4 is 16.9 Å². The van der Waals surface area contributed by atoms with E-state index in [-0.39, 0.29) is 13.0 Å². The van der Waals surface area contributed by atoms with Gasteiger partial charge in [0.05, 0.1) is 6.42 Å². The average molecular weight is 146 g/mol. The fraction of sp³-hybridized carbons (Fsp3) is 0.500. The first-order valence-electron chi connectivity index (χ1n) is 2.66. The third-order valence-corrected chi connectivity index (χ3v) is 0.623. The van der Waals surface area contributed by atoms with Gasteiger partial charge in [-0.1, -0.05) is 0 Å². The summed E-state index contributed by atoms with van der Waals surface area (Å²) in [6, 6.07) is 0. The average Bonchev–Trinajstić information content (AvgIpc) is 1.85. The van der Waals surface area contributed by atoms with E-state index in [4.69, 9.17) is 16.9 Å². The van der Waals surface area contributed by atoms with Gasteiger partial charge in [-0.2, -0.15) is 5.48 Å². The minimum Gasteiger partial charge on any atom is -0.368 e. The van der Waals surface area contributed by atoms with Gasteiger partial charge in [-0.3, -0.25) is 5.41 Å². The van der Waals surface area contributed by atoms with Gasteiger partial charge in [0.15, 0.2) is 0 Å². The van der Waals surface area contributed by atoms with Crippen LogP contribution in [0.2, 0.25) is 0 Å². The molecule has 6 nitrogen and oxygen atoms in total. The fourth-order valence-corrected chi connectivity index (χ4v) is 0.281. The largest absolute Gasteiger partial charge is 0.368 e. The molecule has 6 heteroatoms. The van der Waals surface area contributed by atoms with Crippen LogP contribution in [0.5, 0.6) is 0 Å². The molecule has 0 aliphatic rings. The number of carbonyl (C=O) groups is 1. The molecular weight excluding hydrogens is 136 g/mol. The van der Waals surface area contributed by atoms with Crippen LogP contribution in [0.3, 0.4) is 0 Å². The van der Waals surface area contributed by atoms with Crippen molar-refractivity contribution in [1.82, 2.24) is 5.48 Å². The predicted octanol–water partition coefficient (Wildman–Crippen LogP) is -1.72. The minimum absolute atomic E-state index is 0.111. The van der Waals surface area contributed by atoms with Crippen molar-refractivity contribution in [1.29, 1.82) is 5.41 Å². The molecular formula is C4H10N4O2. The van der Waals surface area contributed by atoms with Crippen molar-refractivity contribution < 1.29 is 9.63 Å². The van der Waals surface area contributed by atoms with E-state index in [1.807, 2.05) is 5.48 Å². The highest BCUT2D eigenvalue weighted by atomic mass is 16.7. The number of hydrogen-bond donors (Lipinski definition) is 4. The smallest absolute Gasteiger partial charge is 0.333 e. The molecule has 0 aromatic carbocycles. The molecule has 58 valence electrons. The zero-order valence-corrected chi connectivity index (χ0v) is 5.39. The van der Waals surface area contributed by atoms with Crippen LogP contribution in [0.15, 0.2) is 0 Å². The standard InChI is InChI=1S/C4H10N4O2/c5-2-1-3(9)10-8-4(6)7/h1-2,5H2,(H4,6,7,8). The summed E-state index contributed by atoms with van der Waals surface area (Å²) in [5, 5.41) is 6.58. The molecule has 0 rings (SSSR count). The number of hydroxylamine groups is 1. The number of hydrogen-bond acceptors (Lipinski definition) is 4. The molecule has 0 heterocycles. The van der Waals surface area contributed by atoms with E-state index >= 15 is 0 Å². The molecule has 0 aliphatic carbocycles. The normalized spacial score (nSPS) is 8.50. The van der Waals surface area contributed by atoms with Crippen molar-refractivity contribution in [2.75, 3.05) is 6.54 Å². The molecule has 0 aliphatic heterocycles. The van der Waals surface area contributed by atoms with Crippen LogP contribution in [0.1, 0.15) is 6.42 Å². The molecule has 0 fully saturated rings. The first-order chi connectivity index (χ1) is 4.66. The Morgan fingerprint density at radius 2 is 2.30 bits per heavy atom. The molecule has 0 aromatic heterocycles. The Labute approximate surface area is 58.0 Å². The maximum atomic E-state index is 10.4. The van der Waals surface area contributed by atoms with Gasteiger partial charge in [0, 0.05) is 6.54 Å². The van der Waals surface area contributed by atoms with Crippen molar-refractivity contribution in [2.45, 2.75) is 6.42 Å². The number of guanidine groups is 1. The lowest BCUT2D eigenvalue weighted by molar-refractivity contribution is -0.147. The Morgan fingerprint density at radius 1 is 1.70 bits per heavy atom. The number of nitrogens with two attached hydrogens (primary N) is 2. The topological polar surface area (TPSA) is 114 Å². The summed E-state index contributed by atoms with van der Waals surface area (Å²) >= 11 is 0. The highest BCUT2D eigenvalue weighted by Crippen LogP contribution is 1.77. The van der Waals surface area contributed by atoms with E-state index in [0.717, 1.165) is 0 Å². The number of carbonyl (C=O) groups excluding carboxylic acids is 1. The highest BCUT2D eigenvalue weighted by Gasteiger charge is 1.99. The summed E-state index contributed by atoms with van der Waals surface area (Å²) in [7, 11) is 0. The van der Waals surface area contributed by atoms with Gasteiger partial charge in [-0.15, -0.1) is 0 Å². The Kier molecular flexibility index (Phi) is 3.97. The lowest BCUT2D eigenvalue weighted by atomic mass is 10.4. The second kappa shape index (κ2) is 4.57. The quantitative estimate of drug-likeness (QED) is 0.210. The van der Waals surface area contributed by atoms with Crippen LogP contribution in [0.25, 0.3) is 0 Å². The molecule has 6 N–H and O–H groups in total. The molecule has 0 spiro atoms. The van der Waals surface area contributed by atoms with Crippen molar-refractivity contribution in [3.63, 3.8) is 0 Å². The Hall–Kier alpha value is -1.30. The van der Waals surface area contributed by atoms with E-state index in [9.17, 15) is 4.79 Å². The van der Waals surface area contributed by atoms with Gasteiger partial charge < -0.3 is 16.3 Å². The third-order valence-electron chi connectivity index (χ3n) is 0.623. The van der Waals surface area contributed by atoms with Gasteiger partial charge in [0.2, 0.25) is 5.96 Å². The maximum absolute atomic E-state index is 10.4. The molecule has 0 saturated heterocycles. The van der Waals surface area contributed by atoms with E-state index < -0.39 is 11.9 Å². The summed E-state index contributed by atoms with van der Waals surface area (Å²) in [6.45, 7) is 0.221. The zero-order valence-electron chi connectivity index (χ0n) is 5.39. The lowest BCUT2D eigenvalue weighted by Crippen LogP contribution is -2.33. The van der Waals surface area contributed by atoms with Crippen molar-refractivity contribution in [3.8, 4) is 0 Å². The number of nitrogens with one attached hydrogen (secondary N) is 2. The Bertz CT molecular complexity index is 135. The van der Waals surface area contributed by atoms with Gasteiger partial charge in [-0.05, 0) is 0 Å². The fourth-order valence-electron chi connectivity index (χ4n) is 0.281. The van der Waals surface area contributed by atoms with Crippen LogP contribution in [-0.2, 0) is 9.63 Å². The van der Waals surface area contributed by atoms with Crippen LogP contribution >= 0.6 is 0 Å². The first-order valence-corrected chi connectivity index (χ1v) is 2.66. The summed E-state index contributed by atoms with van der Waals surface area (Å²) in [5.41, 5.74) is 11.7. The van der Waals surface area contributed by atoms with Gasteiger partial charge in [0.25, 0.3) is 0 Å². The van der Waals surface area contributed by atoms with Gasteiger partial charge >= 0.3 is 5.97 Å². The van der Waals surface area contributed by atoms with Crippen molar-refractivity contribution >= 4 is 11.9 Å². The summed E-state index contributed by atoms with van der Waals surface area (Å²) in [4.78, 5) is 14.7. The summed E-state index contributed by atoms with van der Waals surface area (Å²) in [6.07, 6.45) is 0.111. The minimum atomic E-state index is -0.530. The number of rotatable bonds is 2. The van der Waals surface area contributed by atoms with Gasteiger partial charge in [-0.25, -0.2) is 4.79 Å². The molecule has 0 amide bonds. The zero-order chi connectivity index (χ0) is 7.98. The molecule has 10 heavy (non-hydrogen) atoms. The van der Waals surface area contributed by atoms with Crippen molar-refractivity contribution in [2.24, 2.45) is 11.5 Å². The van der Waals surface area contributed by atoms with E-state index in [1.165, 1.54) is 0 Å². The van der Waals surface area contributed by atoms with Crippen LogP contribution in [-0.4, -0.2) is 18.5 Å². The molecule has 0 atom stereocenters. The predicted molar refractivity (Wildman–Crippen MR) is 34.8 cm³/mol. The lowest BCUT2D eigenvalue weighted by Gasteiger charge is -2.01.